The van der Waals surface area contributed by atoms with Crippen LogP contribution in [0.3, 0.4) is 0 Å². The second-order valence-corrected chi connectivity index (χ2v) is 2.76. The van der Waals surface area contributed by atoms with E-state index >= 15 is 0 Å². The fourth-order valence-corrected chi connectivity index (χ4v) is 1.12. The third-order valence-electron chi connectivity index (χ3n) is 1.75. The van der Waals surface area contributed by atoms with Crippen molar-refractivity contribution in [1.82, 2.24) is 10.2 Å². The zero-order valence-corrected chi connectivity index (χ0v) is 7.11. The zero-order valence-electron chi connectivity index (χ0n) is 7.11. The van der Waals surface area contributed by atoms with Crippen molar-refractivity contribution in [2.24, 2.45) is 0 Å². The molecule has 0 unspecified atom stereocenters. The van der Waals surface area contributed by atoms with E-state index in [1.807, 2.05) is 5.10 Å². The van der Waals surface area contributed by atoms with E-state index in [0.29, 0.717) is 0 Å². The van der Waals surface area contributed by atoms with Gasteiger partial charge in [-0.1, -0.05) is 0 Å². The molecule has 1 rings (SSSR count). The van der Waals surface area contributed by atoms with Gasteiger partial charge in [0.25, 0.3) is 5.56 Å². The van der Waals surface area contributed by atoms with Gasteiger partial charge in [-0.15, -0.1) is 0 Å². The smallest absolute Gasteiger partial charge is 0.396 e. The molecule has 1 heterocycles. The SMILES string of the molecule is O=c1[nH][nH]c(C(F)(F)F)c1CCCO. The number of alkyl halides is 3. The molecule has 0 aliphatic heterocycles. The molecule has 1 aromatic rings. The number of H-pyrrole nitrogens is 2. The number of aliphatic hydroxyl groups is 1. The van der Waals surface area contributed by atoms with E-state index in [-0.39, 0.29) is 25.0 Å². The lowest BCUT2D eigenvalue weighted by atomic mass is 10.1. The van der Waals surface area contributed by atoms with Crippen LogP contribution in [0.1, 0.15) is 17.7 Å². The van der Waals surface area contributed by atoms with Gasteiger partial charge in [0.2, 0.25) is 0 Å². The van der Waals surface area contributed by atoms with E-state index in [9.17, 15) is 18.0 Å². The quantitative estimate of drug-likeness (QED) is 0.685. The van der Waals surface area contributed by atoms with E-state index in [0.717, 1.165) is 0 Å². The van der Waals surface area contributed by atoms with E-state index in [2.05, 4.69) is 0 Å². The maximum Gasteiger partial charge on any atom is 0.433 e. The molecule has 0 aliphatic carbocycles. The number of hydrogen-bond donors (Lipinski definition) is 3. The van der Waals surface area contributed by atoms with Crippen molar-refractivity contribution in [2.75, 3.05) is 6.61 Å². The minimum atomic E-state index is -4.57. The lowest BCUT2D eigenvalue weighted by Crippen LogP contribution is -2.13. The second kappa shape index (κ2) is 3.87. The van der Waals surface area contributed by atoms with Gasteiger partial charge in [0.15, 0.2) is 0 Å². The molecule has 14 heavy (non-hydrogen) atoms. The summed E-state index contributed by atoms with van der Waals surface area (Å²) in [5.74, 6) is 0. The molecule has 7 heteroatoms. The Balaban J connectivity index is 3.01. The topological polar surface area (TPSA) is 68.9 Å². The van der Waals surface area contributed by atoms with Crippen molar-refractivity contribution in [3.8, 4) is 0 Å². The normalized spacial score (nSPS) is 12.0. The first-order valence-corrected chi connectivity index (χ1v) is 3.94. The summed E-state index contributed by atoms with van der Waals surface area (Å²) in [4.78, 5) is 10.9. The Morgan fingerprint density at radius 1 is 1.29 bits per heavy atom. The molecule has 0 spiro atoms. The molecule has 0 bridgehead atoms. The number of aromatic amines is 2. The number of hydrogen-bond acceptors (Lipinski definition) is 2. The van der Waals surface area contributed by atoms with Crippen molar-refractivity contribution in [1.29, 1.82) is 0 Å². The molecule has 0 aliphatic rings. The molecule has 0 fully saturated rings. The minimum Gasteiger partial charge on any atom is -0.396 e. The van der Waals surface area contributed by atoms with Crippen molar-refractivity contribution >= 4 is 0 Å². The van der Waals surface area contributed by atoms with Gasteiger partial charge in [-0.2, -0.15) is 13.2 Å². The largest absolute Gasteiger partial charge is 0.433 e. The van der Waals surface area contributed by atoms with Gasteiger partial charge in [-0.25, -0.2) is 0 Å². The first-order chi connectivity index (χ1) is 6.46. The van der Waals surface area contributed by atoms with Gasteiger partial charge in [0.05, 0.1) is 0 Å². The molecule has 1 aromatic heterocycles. The van der Waals surface area contributed by atoms with Gasteiger partial charge in [0.1, 0.15) is 5.69 Å². The average Bonchev–Trinajstić information content (AvgIpc) is 2.42. The van der Waals surface area contributed by atoms with Crippen molar-refractivity contribution in [3.63, 3.8) is 0 Å². The molecule has 0 saturated carbocycles. The van der Waals surface area contributed by atoms with E-state index < -0.39 is 17.4 Å². The van der Waals surface area contributed by atoms with Crippen LogP contribution in [-0.4, -0.2) is 21.9 Å². The highest BCUT2D eigenvalue weighted by molar-refractivity contribution is 5.19. The number of aliphatic hydroxyl groups excluding tert-OH is 1. The summed E-state index contributed by atoms with van der Waals surface area (Å²) < 4.78 is 36.7. The maximum atomic E-state index is 12.2. The van der Waals surface area contributed by atoms with Crippen molar-refractivity contribution in [2.45, 2.75) is 19.0 Å². The first-order valence-electron chi connectivity index (χ1n) is 3.94. The van der Waals surface area contributed by atoms with Crippen molar-refractivity contribution < 1.29 is 18.3 Å². The summed E-state index contributed by atoms with van der Waals surface area (Å²) in [6, 6.07) is 0. The van der Waals surface area contributed by atoms with Gasteiger partial charge in [-0.3, -0.25) is 15.0 Å². The summed E-state index contributed by atoms with van der Waals surface area (Å²) in [5, 5.41) is 12.1. The maximum absolute atomic E-state index is 12.2. The van der Waals surface area contributed by atoms with Gasteiger partial charge < -0.3 is 5.11 Å². The Morgan fingerprint density at radius 3 is 2.43 bits per heavy atom. The first kappa shape index (κ1) is 10.8. The Kier molecular flexibility index (Phi) is 3.00. The predicted octanol–water partition coefficient (Wildman–Crippen LogP) is 0.647. The third kappa shape index (κ3) is 2.16. The Labute approximate surface area is 76.7 Å². The number of aromatic nitrogens is 2. The van der Waals surface area contributed by atoms with Crippen LogP contribution in [0, 0.1) is 0 Å². The molecular weight excluding hydrogens is 201 g/mol. The lowest BCUT2D eigenvalue weighted by molar-refractivity contribution is -0.141. The van der Waals surface area contributed by atoms with Crippen LogP contribution >= 0.6 is 0 Å². The van der Waals surface area contributed by atoms with E-state index in [1.165, 1.54) is 0 Å². The van der Waals surface area contributed by atoms with Crippen LogP contribution in [0.4, 0.5) is 13.2 Å². The van der Waals surface area contributed by atoms with Gasteiger partial charge in [0, 0.05) is 12.2 Å². The monoisotopic (exact) mass is 210 g/mol. The summed E-state index contributed by atoms with van der Waals surface area (Å²) >= 11 is 0. The predicted molar refractivity (Wildman–Crippen MR) is 41.8 cm³/mol. The highest BCUT2D eigenvalue weighted by Gasteiger charge is 2.36. The van der Waals surface area contributed by atoms with Crippen LogP contribution in [-0.2, 0) is 12.6 Å². The summed E-state index contributed by atoms with van der Waals surface area (Å²) in [6.45, 7) is -0.248. The molecular formula is C7H9F3N2O2. The van der Waals surface area contributed by atoms with Gasteiger partial charge >= 0.3 is 6.18 Å². The molecule has 0 amide bonds. The minimum absolute atomic E-state index is 0.0931. The second-order valence-electron chi connectivity index (χ2n) is 2.76. The van der Waals surface area contributed by atoms with Crippen LogP contribution in [0.5, 0.6) is 0 Å². The standard InChI is InChI=1S/C7H9F3N2O2/c8-7(9,10)5-4(2-1-3-13)6(14)12-11-5/h13H,1-3H2,(H2,11,12,14). The number of halogens is 3. The average molecular weight is 210 g/mol. The summed E-state index contributed by atoms with van der Waals surface area (Å²) in [5.41, 5.74) is -2.20. The fraction of sp³-hybridized carbons (Fsp3) is 0.571. The molecule has 0 radical (unpaired) electrons. The van der Waals surface area contributed by atoms with Crippen LogP contribution in [0.2, 0.25) is 0 Å². The third-order valence-corrected chi connectivity index (χ3v) is 1.75. The molecule has 80 valence electrons. The number of rotatable bonds is 3. The van der Waals surface area contributed by atoms with Crippen LogP contribution in [0.25, 0.3) is 0 Å². The molecule has 0 atom stereocenters. The van der Waals surface area contributed by atoms with Gasteiger partial charge in [-0.05, 0) is 12.8 Å². The molecule has 4 nitrogen and oxygen atoms in total. The van der Waals surface area contributed by atoms with Crippen LogP contribution in [0.15, 0.2) is 4.79 Å². The molecule has 3 N–H and O–H groups in total. The van der Waals surface area contributed by atoms with Crippen molar-refractivity contribution in [3.05, 3.63) is 21.6 Å². The lowest BCUT2D eigenvalue weighted by Gasteiger charge is -2.05. The highest BCUT2D eigenvalue weighted by atomic mass is 19.4. The summed E-state index contributed by atoms with van der Waals surface area (Å²) in [6.07, 6.45) is -4.53. The zero-order chi connectivity index (χ0) is 10.8. The Bertz CT molecular complexity index is 353. The van der Waals surface area contributed by atoms with E-state index in [4.69, 9.17) is 5.11 Å². The fourth-order valence-electron chi connectivity index (χ4n) is 1.12. The summed E-state index contributed by atoms with van der Waals surface area (Å²) in [7, 11) is 0. The Hall–Kier alpha value is -1.24. The van der Waals surface area contributed by atoms with E-state index in [1.54, 1.807) is 5.10 Å². The number of nitrogens with one attached hydrogen (secondary N) is 2. The highest BCUT2D eigenvalue weighted by Crippen LogP contribution is 2.29. The van der Waals surface area contributed by atoms with Crippen LogP contribution < -0.4 is 5.56 Å². The molecule has 0 aromatic carbocycles. The molecule has 0 saturated heterocycles. The Morgan fingerprint density at radius 2 is 1.93 bits per heavy atom.